The van der Waals surface area contributed by atoms with Crippen molar-refractivity contribution in [1.29, 1.82) is 0 Å². The van der Waals surface area contributed by atoms with Gasteiger partial charge in [-0.3, -0.25) is 9.48 Å². The number of alkyl halides is 1. The minimum Gasteiger partial charge on any atom is -0.370 e. The van der Waals surface area contributed by atoms with Crippen molar-refractivity contribution >= 4 is 17.5 Å². The summed E-state index contributed by atoms with van der Waals surface area (Å²) in [6, 6.07) is 1.89. The van der Waals surface area contributed by atoms with Crippen molar-refractivity contribution < 1.29 is 9.53 Å². The number of carbonyl (C=O) groups excluding carboxylic acids is 1. The van der Waals surface area contributed by atoms with Gasteiger partial charge in [0.15, 0.2) is 0 Å². The minimum atomic E-state index is -0.0898. The fourth-order valence-corrected chi connectivity index (χ4v) is 2.68. The van der Waals surface area contributed by atoms with Gasteiger partial charge in [0.25, 0.3) is 5.91 Å². The maximum absolute atomic E-state index is 12.7. The summed E-state index contributed by atoms with van der Waals surface area (Å²) in [6.45, 7) is 7.84. The highest BCUT2D eigenvalue weighted by atomic mass is 35.5. The zero-order valence-electron chi connectivity index (χ0n) is 12.3. The second kappa shape index (κ2) is 6.59. The van der Waals surface area contributed by atoms with Crippen LogP contribution in [-0.2, 0) is 17.7 Å². The molecule has 0 N–H and O–H groups in total. The molecule has 2 unspecified atom stereocenters. The van der Waals surface area contributed by atoms with Crippen LogP contribution in [0.2, 0.25) is 0 Å². The Hall–Kier alpha value is -1.07. The molecule has 6 heteroatoms. The van der Waals surface area contributed by atoms with Crippen LogP contribution in [0.1, 0.15) is 37.0 Å². The topological polar surface area (TPSA) is 47.4 Å². The molecule has 0 saturated carbocycles. The first kappa shape index (κ1) is 15.3. The van der Waals surface area contributed by atoms with E-state index in [1.54, 1.807) is 4.68 Å². The van der Waals surface area contributed by atoms with E-state index in [1.807, 2.05) is 31.7 Å². The van der Waals surface area contributed by atoms with Crippen molar-refractivity contribution in [1.82, 2.24) is 14.7 Å². The average molecular weight is 300 g/mol. The third kappa shape index (κ3) is 3.15. The number of ether oxygens (including phenoxy) is 1. The number of carbonyl (C=O) groups is 1. The number of nitrogens with zero attached hydrogens (tertiary/aromatic N) is 3. The molecule has 112 valence electrons. The Morgan fingerprint density at radius 1 is 1.50 bits per heavy atom. The van der Waals surface area contributed by atoms with Crippen molar-refractivity contribution in [2.45, 2.75) is 45.9 Å². The number of aromatic nitrogens is 2. The molecule has 2 atom stereocenters. The Balaban J connectivity index is 2.19. The van der Waals surface area contributed by atoms with E-state index in [1.165, 1.54) is 0 Å². The van der Waals surface area contributed by atoms with Crippen molar-refractivity contribution in [2.75, 3.05) is 19.0 Å². The molecule has 20 heavy (non-hydrogen) atoms. The van der Waals surface area contributed by atoms with E-state index < -0.39 is 0 Å². The van der Waals surface area contributed by atoms with Crippen LogP contribution >= 0.6 is 11.6 Å². The molecule has 0 spiro atoms. The zero-order chi connectivity index (χ0) is 14.7. The maximum Gasteiger partial charge on any atom is 0.272 e. The molecule has 5 nitrogen and oxygen atoms in total. The van der Waals surface area contributed by atoms with E-state index in [-0.39, 0.29) is 18.1 Å². The number of rotatable bonds is 4. The first-order valence-corrected chi connectivity index (χ1v) is 7.69. The summed E-state index contributed by atoms with van der Waals surface area (Å²) in [5.41, 5.74) is 1.61. The fraction of sp³-hybridized carbons (Fsp3) is 0.714. The largest absolute Gasteiger partial charge is 0.370 e. The summed E-state index contributed by atoms with van der Waals surface area (Å²) < 4.78 is 7.46. The van der Waals surface area contributed by atoms with Crippen LogP contribution < -0.4 is 0 Å². The van der Waals surface area contributed by atoms with Gasteiger partial charge in [0, 0.05) is 19.6 Å². The highest BCUT2D eigenvalue weighted by molar-refractivity contribution is 6.18. The first-order valence-electron chi connectivity index (χ1n) is 7.16. The van der Waals surface area contributed by atoms with Gasteiger partial charge in [-0.05, 0) is 26.3 Å². The van der Waals surface area contributed by atoms with Gasteiger partial charge in [0.05, 0.1) is 23.8 Å². The predicted molar refractivity (Wildman–Crippen MR) is 78.2 cm³/mol. The first-order chi connectivity index (χ1) is 9.58. The van der Waals surface area contributed by atoms with Gasteiger partial charge < -0.3 is 9.64 Å². The second-order valence-electron chi connectivity index (χ2n) is 5.12. The molecule has 1 saturated heterocycles. The summed E-state index contributed by atoms with van der Waals surface area (Å²) in [5, 5.41) is 4.43. The highest BCUT2D eigenvalue weighted by Gasteiger charge is 2.30. The maximum atomic E-state index is 12.7. The Kier molecular flexibility index (Phi) is 5.05. The normalized spacial score (nSPS) is 23.1. The molecule has 1 aromatic rings. The van der Waals surface area contributed by atoms with E-state index in [0.29, 0.717) is 31.2 Å². The molecule has 2 heterocycles. The van der Waals surface area contributed by atoms with Crippen LogP contribution in [0.25, 0.3) is 0 Å². The molecule has 1 aliphatic heterocycles. The average Bonchev–Trinajstić information content (AvgIpc) is 2.89. The third-order valence-corrected chi connectivity index (χ3v) is 3.84. The molecule has 0 bridgehead atoms. The zero-order valence-corrected chi connectivity index (χ0v) is 13.1. The molecular formula is C14H22ClN3O2. The Morgan fingerprint density at radius 3 is 2.85 bits per heavy atom. The van der Waals surface area contributed by atoms with E-state index in [9.17, 15) is 4.79 Å². The SMILES string of the molecule is CCc1cc(C(=O)N2CC(C)OC(CCl)C2)n(CC)n1. The minimum absolute atomic E-state index is 0.0140. The van der Waals surface area contributed by atoms with Gasteiger partial charge in [-0.2, -0.15) is 5.10 Å². The lowest BCUT2D eigenvalue weighted by Crippen LogP contribution is -2.50. The fourth-order valence-electron chi connectivity index (χ4n) is 2.51. The van der Waals surface area contributed by atoms with Crippen LogP contribution in [0.4, 0.5) is 0 Å². The van der Waals surface area contributed by atoms with Crippen molar-refractivity contribution in [3.8, 4) is 0 Å². The summed E-state index contributed by atoms with van der Waals surface area (Å²) in [6.07, 6.45) is 0.755. The van der Waals surface area contributed by atoms with Crippen LogP contribution in [0.3, 0.4) is 0 Å². The number of hydrogen-bond donors (Lipinski definition) is 0. The second-order valence-corrected chi connectivity index (χ2v) is 5.43. The quantitative estimate of drug-likeness (QED) is 0.798. The molecular weight excluding hydrogens is 278 g/mol. The van der Waals surface area contributed by atoms with E-state index in [2.05, 4.69) is 5.10 Å². The van der Waals surface area contributed by atoms with Crippen LogP contribution in [-0.4, -0.2) is 51.8 Å². The third-order valence-electron chi connectivity index (χ3n) is 3.50. The summed E-state index contributed by atoms with van der Waals surface area (Å²) >= 11 is 5.87. The van der Waals surface area contributed by atoms with Crippen molar-refractivity contribution in [3.05, 3.63) is 17.5 Å². The standard InChI is InChI=1S/C14H22ClN3O2/c1-4-11-6-13(18(5-2)16-11)14(19)17-8-10(3)20-12(7-15)9-17/h6,10,12H,4-5,7-9H2,1-3H3. The van der Waals surface area contributed by atoms with Crippen LogP contribution in [0, 0.1) is 0 Å². The Labute approximate surface area is 124 Å². The number of hydrogen-bond acceptors (Lipinski definition) is 3. The summed E-state index contributed by atoms with van der Waals surface area (Å²) in [5.74, 6) is 0.422. The smallest absolute Gasteiger partial charge is 0.272 e. The number of morpholine rings is 1. The van der Waals surface area contributed by atoms with Crippen LogP contribution in [0.15, 0.2) is 6.07 Å². The monoisotopic (exact) mass is 299 g/mol. The number of amides is 1. The molecule has 0 radical (unpaired) electrons. The number of halogens is 1. The van der Waals surface area contributed by atoms with Crippen molar-refractivity contribution in [3.63, 3.8) is 0 Å². The van der Waals surface area contributed by atoms with E-state index in [0.717, 1.165) is 12.1 Å². The number of aryl methyl sites for hydroxylation is 2. The molecule has 0 aliphatic carbocycles. The molecule has 0 aromatic carbocycles. The van der Waals surface area contributed by atoms with Gasteiger partial charge in [0.1, 0.15) is 5.69 Å². The predicted octanol–water partition coefficient (Wildman–Crippen LogP) is 1.93. The lowest BCUT2D eigenvalue weighted by Gasteiger charge is -2.36. The Bertz CT molecular complexity index is 475. The highest BCUT2D eigenvalue weighted by Crippen LogP contribution is 2.16. The van der Waals surface area contributed by atoms with Crippen LogP contribution in [0.5, 0.6) is 0 Å². The van der Waals surface area contributed by atoms with E-state index in [4.69, 9.17) is 16.3 Å². The van der Waals surface area contributed by atoms with Gasteiger partial charge in [-0.1, -0.05) is 6.92 Å². The van der Waals surface area contributed by atoms with Gasteiger partial charge >= 0.3 is 0 Å². The molecule has 1 aliphatic rings. The lowest BCUT2D eigenvalue weighted by molar-refractivity contribution is -0.0573. The van der Waals surface area contributed by atoms with Crippen molar-refractivity contribution in [2.24, 2.45) is 0 Å². The van der Waals surface area contributed by atoms with Gasteiger partial charge in [-0.25, -0.2) is 0 Å². The molecule has 2 rings (SSSR count). The van der Waals surface area contributed by atoms with Gasteiger partial charge in [0.2, 0.25) is 0 Å². The summed E-state index contributed by atoms with van der Waals surface area (Å²) in [4.78, 5) is 14.5. The molecule has 1 fully saturated rings. The Morgan fingerprint density at radius 2 is 2.25 bits per heavy atom. The van der Waals surface area contributed by atoms with E-state index >= 15 is 0 Å². The molecule has 1 amide bonds. The molecule has 1 aromatic heterocycles. The summed E-state index contributed by atoms with van der Waals surface area (Å²) in [7, 11) is 0. The van der Waals surface area contributed by atoms with Gasteiger partial charge in [-0.15, -0.1) is 11.6 Å². The lowest BCUT2D eigenvalue weighted by atomic mass is 10.2.